The summed E-state index contributed by atoms with van der Waals surface area (Å²) in [4.78, 5) is 26.1. The fourth-order valence-electron chi connectivity index (χ4n) is 4.79. The maximum absolute atomic E-state index is 12.3. The van der Waals surface area contributed by atoms with Gasteiger partial charge in [0, 0.05) is 42.9 Å². The van der Waals surface area contributed by atoms with Crippen LogP contribution in [-0.4, -0.2) is 53.1 Å². The summed E-state index contributed by atoms with van der Waals surface area (Å²) in [5.74, 6) is 1.11. The zero-order chi connectivity index (χ0) is 27.4. The molecule has 3 N–H and O–H groups in total. The lowest BCUT2D eigenvalue weighted by Crippen LogP contribution is -2.42. The monoisotopic (exact) mass is 539 g/mol. The van der Waals surface area contributed by atoms with E-state index >= 15 is 0 Å². The molecule has 11 heteroatoms. The van der Waals surface area contributed by atoms with Crippen molar-refractivity contribution in [3.8, 4) is 5.88 Å². The summed E-state index contributed by atoms with van der Waals surface area (Å²) in [6.07, 6.45) is 5.75. The molecule has 0 radical (unpaired) electrons. The van der Waals surface area contributed by atoms with Crippen molar-refractivity contribution >= 4 is 38.2 Å². The maximum Gasteiger partial charge on any atom is 0.340 e. The molecule has 1 aliphatic carbocycles. The number of hydrogen-bond donors (Lipinski definition) is 2. The highest BCUT2D eigenvalue weighted by molar-refractivity contribution is 7.91. The molecular weight excluding hydrogens is 506 g/mol. The lowest BCUT2D eigenvalue weighted by molar-refractivity contribution is 0.0235. The largest absolute Gasteiger partial charge is 0.474 e. The lowest BCUT2D eigenvalue weighted by Gasteiger charge is -2.34. The van der Waals surface area contributed by atoms with Crippen LogP contribution in [0.3, 0.4) is 0 Å². The van der Waals surface area contributed by atoms with Gasteiger partial charge in [0.2, 0.25) is 5.88 Å². The molecule has 0 saturated heterocycles. The van der Waals surface area contributed by atoms with Crippen LogP contribution in [0.4, 0.5) is 11.6 Å². The number of cyclic esters (lactones) is 1. The molecule has 0 spiro atoms. The minimum atomic E-state index is -3.08. The van der Waals surface area contributed by atoms with Gasteiger partial charge in [-0.05, 0) is 49.4 Å². The quantitative estimate of drug-likeness (QED) is 0.423. The van der Waals surface area contributed by atoms with E-state index in [2.05, 4.69) is 15.3 Å². The number of rotatable bonds is 7. The van der Waals surface area contributed by atoms with Crippen molar-refractivity contribution in [2.75, 3.05) is 11.6 Å². The standard InChI is InChI=1S/C27H33N5O5S/c1-6-27(4,28)21-13-30-25(37-16-9-17(10-16)38(5,34)35)20-12-29-23(11-19(20)21)31-22-8-7-18-24(32-22)14(2)15(3)36-26(18)33/h7-8,11-17H,6,9-10,28H2,1-5H3,(H,29,31,32)/t14-,15-,16-,17+,27?/m0/s1. The highest BCUT2D eigenvalue weighted by atomic mass is 32.2. The fraction of sp³-hybridized carbons (Fsp3) is 0.481. The van der Waals surface area contributed by atoms with Crippen LogP contribution in [0, 0.1) is 0 Å². The van der Waals surface area contributed by atoms with E-state index in [1.54, 1.807) is 24.5 Å². The van der Waals surface area contributed by atoms with Gasteiger partial charge in [0.15, 0.2) is 9.84 Å². The number of fused-ring (bicyclic) bond motifs is 2. The number of carbonyl (C=O) groups is 1. The number of pyridine rings is 3. The number of hydrogen-bond acceptors (Lipinski definition) is 10. The molecule has 0 bridgehead atoms. The Morgan fingerprint density at radius 3 is 2.58 bits per heavy atom. The lowest BCUT2D eigenvalue weighted by atomic mass is 9.88. The van der Waals surface area contributed by atoms with E-state index in [0.717, 1.165) is 10.9 Å². The smallest absolute Gasteiger partial charge is 0.340 e. The van der Waals surface area contributed by atoms with E-state index < -0.39 is 15.4 Å². The number of nitrogens with one attached hydrogen (secondary N) is 1. The van der Waals surface area contributed by atoms with Crippen LogP contribution in [0.25, 0.3) is 10.8 Å². The summed E-state index contributed by atoms with van der Waals surface area (Å²) in [6.45, 7) is 7.80. The van der Waals surface area contributed by atoms with Crippen molar-refractivity contribution in [3.63, 3.8) is 0 Å². The van der Waals surface area contributed by atoms with E-state index in [4.69, 9.17) is 20.2 Å². The van der Waals surface area contributed by atoms with Crippen LogP contribution in [0.1, 0.15) is 74.5 Å². The summed E-state index contributed by atoms with van der Waals surface area (Å²) in [5, 5.41) is 4.41. The molecule has 0 aromatic carbocycles. The third kappa shape index (κ3) is 4.80. The van der Waals surface area contributed by atoms with Gasteiger partial charge in [-0.25, -0.2) is 28.2 Å². The molecule has 0 amide bonds. The molecule has 1 saturated carbocycles. The SMILES string of the molecule is CCC(C)(N)c1cnc(O[C@H]2C[C@@H](S(C)(=O)=O)C2)c2cnc(Nc3ccc4c(n3)[C@@H](C)[C@H](C)OC4=O)cc12. The van der Waals surface area contributed by atoms with E-state index in [1.165, 1.54) is 6.26 Å². The van der Waals surface area contributed by atoms with Gasteiger partial charge in [0.05, 0.1) is 21.9 Å². The Labute approximate surface area is 222 Å². The average molecular weight is 540 g/mol. The Balaban J connectivity index is 1.48. The normalized spacial score (nSPS) is 24.6. The van der Waals surface area contributed by atoms with Crippen molar-refractivity contribution in [3.05, 3.63) is 47.4 Å². The minimum Gasteiger partial charge on any atom is -0.474 e. The van der Waals surface area contributed by atoms with Gasteiger partial charge in [0.1, 0.15) is 23.8 Å². The Morgan fingerprint density at radius 2 is 1.89 bits per heavy atom. The van der Waals surface area contributed by atoms with Gasteiger partial charge in [-0.3, -0.25) is 0 Å². The number of nitrogens with two attached hydrogens (primary N) is 1. The van der Waals surface area contributed by atoms with E-state index in [1.807, 2.05) is 33.8 Å². The van der Waals surface area contributed by atoms with Crippen LogP contribution in [-0.2, 0) is 20.1 Å². The second-order valence-electron chi connectivity index (χ2n) is 10.7. The van der Waals surface area contributed by atoms with Gasteiger partial charge in [0.25, 0.3) is 0 Å². The number of ether oxygens (including phenoxy) is 2. The second-order valence-corrected chi connectivity index (χ2v) is 13.0. The average Bonchev–Trinajstić information content (AvgIpc) is 2.83. The number of carbonyl (C=O) groups excluding carboxylic acids is 1. The Bertz CT molecular complexity index is 1520. The van der Waals surface area contributed by atoms with Crippen LogP contribution in [0.2, 0.25) is 0 Å². The zero-order valence-corrected chi connectivity index (χ0v) is 23.0. The first-order valence-electron chi connectivity index (χ1n) is 12.8. The number of esters is 1. The predicted molar refractivity (Wildman–Crippen MR) is 144 cm³/mol. The first-order valence-corrected chi connectivity index (χ1v) is 14.8. The number of nitrogens with zero attached hydrogens (tertiary/aromatic N) is 3. The highest BCUT2D eigenvalue weighted by Gasteiger charge is 2.38. The summed E-state index contributed by atoms with van der Waals surface area (Å²) in [7, 11) is -3.08. The summed E-state index contributed by atoms with van der Waals surface area (Å²) in [5.41, 5.74) is 8.00. The van der Waals surface area contributed by atoms with Crippen molar-refractivity contribution in [1.82, 2.24) is 15.0 Å². The molecule has 38 heavy (non-hydrogen) atoms. The first-order chi connectivity index (χ1) is 17.9. The van der Waals surface area contributed by atoms with E-state index in [0.29, 0.717) is 53.4 Å². The number of aromatic nitrogens is 3. The molecule has 3 aromatic rings. The first kappa shape index (κ1) is 26.3. The summed E-state index contributed by atoms with van der Waals surface area (Å²) < 4.78 is 35.1. The van der Waals surface area contributed by atoms with Crippen molar-refractivity contribution in [1.29, 1.82) is 0 Å². The summed E-state index contributed by atoms with van der Waals surface area (Å²) in [6, 6.07) is 5.33. The Hall–Kier alpha value is -3.31. The fourth-order valence-corrected chi connectivity index (χ4v) is 5.92. The molecule has 1 unspecified atom stereocenters. The predicted octanol–water partition coefficient (Wildman–Crippen LogP) is 3.97. The Morgan fingerprint density at radius 1 is 1.16 bits per heavy atom. The maximum atomic E-state index is 12.3. The molecule has 202 valence electrons. The minimum absolute atomic E-state index is 0.0392. The molecule has 10 nitrogen and oxygen atoms in total. The molecule has 3 aromatic heterocycles. The van der Waals surface area contributed by atoms with Gasteiger partial charge < -0.3 is 20.5 Å². The molecular formula is C27H33N5O5S. The van der Waals surface area contributed by atoms with Gasteiger partial charge in [-0.2, -0.15) is 0 Å². The third-order valence-electron chi connectivity index (χ3n) is 7.85. The summed E-state index contributed by atoms with van der Waals surface area (Å²) >= 11 is 0. The van der Waals surface area contributed by atoms with Crippen molar-refractivity contribution < 1.29 is 22.7 Å². The van der Waals surface area contributed by atoms with Crippen LogP contribution >= 0.6 is 0 Å². The molecule has 1 aliphatic heterocycles. The van der Waals surface area contributed by atoms with Gasteiger partial charge >= 0.3 is 5.97 Å². The van der Waals surface area contributed by atoms with Gasteiger partial charge in [-0.1, -0.05) is 13.8 Å². The molecule has 1 fully saturated rings. The molecule has 2 aliphatic rings. The molecule has 3 atom stereocenters. The second kappa shape index (κ2) is 9.46. The topological polar surface area (TPSA) is 146 Å². The van der Waals surface area contributed by atoms with Crippen molar-refractivity contribution in [2.24, 2.45) is 5.73 Å². The molecule has 4 heterocycles. The van der Waals surface area contributed by atoms with Gasteiger partial charge in [-0.15, -0.1) is 0 Å². The van der Waals surface area contributed by atoms with Crippen LogP contribution < -0.4 is 15.8 Å². The number of anilines is 2. The van der Waals surface area contributed by atoms with Crippen molar-refractivity contribution in [2.45, 2.75) is 75.9 Å². The Kier molecular flexibility index (Phi) is 6.55. The highest BCUT2D eigenvalue weighted by Crippen LogP contribution is 2.37. The van der Waals surface area contributed by atoms with Crippen LogP contribution in [0.5, 0.6) is 5.88 Å². The number of sulfone groups is 1. The van der Waals surface area contributed by atoms with Crippen LogP contribution in [0.15, 0.2) is 30.6 Å². The van der Waals surface area contributed by atoms with E-state index in [-0.39, 0.29) is 29.3 Å². The third-order valence-corrected chi connectivity index (χ3v) is 9.45. The molecule has 5 rings (SSSR count). The van der Waals surface area contributed by atoms with E-state index in [9.17, 15) is 13.2 Å². The zero-order valence-electron chi connectivity index (χ0n) is 22.2.